The Bertz CT molecular complexity index is 244. The lowest BCUT2D eigenvalue weighted by Gasteiger charge is -2.02. The van der Waals surface area contributed by atoms with Gasteiger partial charge in [0.15, 0.2) is 5.94 Å². The Balaban J connectivity index is 2.99. The average Bonchev–Trinajstić information content (AvgIpc) is 2.43. The third kappa shape index (κ3) is 17.2. The number of allylic oxidation sites excluding steroid dienone is 1. The van der Waals surface area contributed by atoms with E-state index in [-0.39, 0.29) is 0 Å². The Morgan fingerprint density at radius 1 is 0.684 bits per heavy atom. The van der Waals surface area contributed by atoms with Gasteiger partial charge in [0.1, 0.15) is 0 Å². The zero-order valence-corrected chi connectivity index (χ0v) is 12.9. The van der Waals surface area contributed by atoms with Gasteiger partial charge in [-0.2, -0.15) is 0 Å². The molecule has 110 valence electrons. The van der Waals surface area contributed by atoms with Crippen molar-refractivity contribution in [3.63, 3.8) is 0 Å². The van der Waals surface area contributed by atoms with Crippen molar-refractivity contribution in [1.82, 2.24) is 0 Å². The Morgan fingerprint density at radius 2 is 1.11 bits per heavy atom. The molecule has 0 unspecified atom stereocenters. The van der Waals surface area contributed by atoms with Gasteiger partial charge in [0.25, 0.3) is 0 Å². The van der Waals surface area contributed by atoms with Crippen molar-refractivity contribution in [2.75, 3.05) is 0 Å². The van der Waals surface area contributed by atoms with Crippen molar-refractivity contribution in [2.24, 2.45) is 0 Å². The van der Waals surface area contributed by atoms with E-state index in [4.69, 9.17) is 0 Å². The second kappa shape index (κ2) is 17.2. The molecule has 0 rings (SSSR count). The van der Waals surface area contributed by atoms with Crippen LogP contribution in [-0.2, 0) is 4.79 Å². The van der Waals surface area contributed by atoms with E-state index < -0.39 is 0 Å². The van der Waals surface area contributed by atoms with Crippen molar-refractivity contribution in [1.29, 1.82) is 0 Å². The summed E-state index contributed by atoms with van der Waals surface area (Å²) < 4.78 is 0. The molecule has 0 heterocycles. The van der Waals surface area contributed by atoms with Gasteiger partial charge in [-0.05, 0) is 24.6 Å². The highest BCUT2D eigenvalue weighted by atomic mass is 16.1. The summed E-state index contributed by atoms with van der Waals surface area (Å²) in [6.45, 7) is 2.27. The lowest BCUT2D eigenvalue weighted by Crippen LogP contribution is -1.82. The predicted octanol–water partition coefficient (Wildman–Crippen LogP) is 6.01. The highest BCUT2D eigenvalue weighted by Crippen LogP contribution is 2.12. The number of hydrogen-bond donors (Lipinski definition) is 0. The molecule has 0 aliphatic heterocycles. The second-order valence-corrected chi connectivity index (χ2v) is 5.48. The van der Waals surface area contributed by atoms with E-state index in [1.165, 1.54) is 83.5 Å². The van der Waals surface area contributed by atoms with Gasteiger partial charge in [0, 0.05) is 0 Å². The summed E-state index contributed by atoms with van der Waals surface area (Å²) in [6, 6.07) is 0. The van der Waals surface area contributed by atoms with Crippen molar-refractivity contribution < 1.29 is 4.79 Å². The summed E-state index contributed by atoms with van der Waals surface area (Å²) in [7, 11) is 0. The average molecular weight is 264 g/mol. The molecule has 1 nitrogen and oxygen atoms in total. The number of hydrogen-bond acceptors (Lipinski definition) is 1. The number of unbranched alkanes of at least 4 members (excludes halogenated alkanes) is 13. The molecule has 0 amide bonds. The minimum atomic E-state index is 0.979. The summed E-state index contributed by atoms with van der Waals surface area (Å²) in [5, 5.41) is 0. The quantitative estimate of drug-likeness (QED) is 0.213. The molecule has 0 bridgehead atoms. The second-order valence-electron chi connectivity index (χ2n) is 5.48. The van der Waals surface area contributed by atoms with Crippen molar-refractivity contribution in [3.05, 3.63) is 11.8 Å². The molecule has 0 aromatic rings. The number of carbonyl (C=O) groups excluding carboxylic acids is 1. The van der Waals surface area contributed by atoms with E-state index in [9.17, 15) is 4.79 Å². The molecular weight excluding hydrogens is 232 g/mol. The molecule has 0 radical (unpaired) electrons. The Labute approximate surface area is 120 Å². The molecule has 0 spiro atoms. The van der Waals surface area contributed by atoms with Crippen LogP contribution in [0.1, 0.15) is 96.8 Å². The zero-order chi connectivity index (χ0) is 14.0. The first-order valence-electron chi connectivity index (χ1n) is 8.36. The summed E-state index contributed by atoms with van der Waals surface area (Å²) in [4.78, 5) is 9.87. The highest BCUT2D eigenvalue weighted by molar-refractivity contribution is 5.43. The first kappa shape index (κ1) is 18.2. The standard InChI is InChI=1S/C18H32O/c1-2-3-4-5-6-7-8-9-10-11-12-13-14-15-16-17-18-19/h16H,2-15H2,1H3. The Morgan fingerprint density at radius 3 is 1.53 bits per heavy atom. The first-order chi connectivity index (χ1) is 9.41. The maximum atomic E-state index is 9.87. The van der Waals surface area contributed by atoms with E-state index in [2.05, 4.69) is 12.7 Å². The van der Waals surface area contributed by atoms with Gasteiger partial charge in [-0.1, -0.05) is 84.0 Å². The molecule has 0 atom stereocenters. The van der Waals surface area contributed by atoms with Gasteiger partial charge in [0.2, 0.25) is 0 Å². The summed E-state index contributed by atoms with van der Waals surface area (Å²) >= 11 is 0. The fourth-order valence-electron chi connectivity index (χ4n) is 2.38. The molecule has 0 saturated carbocycles. The van der Waals surface area contributed by atoms with Crippen molar-refractivity contribution >= 4 is 5.94 Å². The molecule has 0 aromatic carbocycles. The van der Waals surface area contributed by atoms with E-state index in [1.54, 1.807) is 12.0 Å². The normalized spacial score (nSPS) is 9.95. The fraction of sp³-hybridized carbons (Fsp3) is 0.833. The van der Waals surface area contributed by atoms with Crippen LogP contribution in [0, 0.1) is 0 Å². The van der Waals surface area contributed by atoms with Gasteiger partial charge in [-0.15, -0.1) is 0 Å². The molecular formula is C18H32O. The minimum Gasteiger partial charge on any atom is -0.224 e. The smallest absolute Gasteiger partial charge is 0.176 e. The molecule has 1 heteroatoms. The van der Waals surface area contributed by atoms with Crippen LogP contribution in [0.15, 0.2) is 11.8 Å². The molecule has 0 N–H and O–H groups in total. The Kier molecular flexibility index (Phi) is 16.5. The first-order valence-corrected chi connectivity index (χ1v) is 8.36. The maximum Gasteiger partial charge on any atom is 0.176 e. The molecule has 0 aliphatic rings. The van der Waals surface area contributed by atoms with E-state index >= 15 is 0 Å². The van der Waals surface area contributed by atoms with Crippen LogP contribution in [0.5, 0.6) is 0 Å². The van der Waals surface area contributed by atoms with Gasteiger partial charge in [0.05, 0.1) is 0 Å². The van der Waals surface area contributed by atoms with E-state index in [0.29, 0.717) is 0 Å². The SMILES string of the molecule is CCCCCCCCCCCCCCCC=C=C=O. The van der Waals surface area contributed by atoms with Crippen molar-refractivity contribution in [2.45, 2.75) is 96.8 Å². The fourth-order valence-corrected chi connectivity index (χ4v) is 2.38. The van der Waals surface area contributed by atoms with Crippen LogP contribution in [0.2, 0.25) is 0 Å². The van der Waals surface area contributed by atoms with Gasteiger partial charge in [-0.3, -0.25) is 0 Å². The van der Waals surface area contributed by atoms with Gasteiger partial charge >= 0.3 is 0 Å². The van der Waals surface area contributed by atoms with Crippen LogP contribution in [0.25, 0.3) is 0 Å². The van der Waals surface area contributed by atoms with Crippen LogP contribution in [0.4, 0.5) is 0 Å². The van der Waals surface area contributed by atoms with Crippen LogP contribution in [0.3, 0.4) is 0 Å². The summed E-state index contributed by atoms with van der Waals surface area (Å²) in [6.07, 6.45) is 20.7. The van der Waals surface area contributed by atoms with Gasteiger partial charge in [-0.25, -0.2) is 4.79 Å². The van der Waals surface area contributed by atoms with E-state index in [0.717, 1.165) is 6.42 Å². The highest BCUT2D eigenvalue weighted by Gasteiger charge is 1.93. The molecule has 0 aliphatic carbocycles. The van der Waals surface area contributed by atoms with Crippen LogP contribution >= 0.6 is 0 Å². The van der Waals surface area contributed by atoms with Crippen LogP contribution < -0.4 is 0 Å². The largest absolute Gasteiger partial charge is 0.224 e. The molecule has 19 heavy (non-hydrogen) atoms. The predicted molar refractivity (Wildman–Crippen MR) is 84.1 cm³/mol. The topological polar surface area (TPSA) is 17.1 Å². The lowest BCUT2D eigenvalue weighted by atomic mass is 10.0. The summed E-state index contributed by atoms with van der Waals surface area (Å²) in [5.41, 5.74) is 2.46. The third-order valence-corrected chi connectivity index (χ3v) is 3.61. The van der Waals surface area contributed by atoms with Crippen molar-refractivity contribution in [3.8, 4) is 0 Å². The maximum absolute atomic E-state index is 9.87. The molecule has 0 fully saturated rings. The minimum absolute atomic E-state index is 0.979. The molecule has 0 saturated heterocycles. The summed E-state index contributed by atoms with van der Waals surface area (Å²) in [5.74, 6) is 1.66. The van der Waals surface area contributed by atoms with Gasteiger partial charge < -0.3 is 0 Å². The Hall–Kier alpha value is -0.770. The molecule has 0 aromatic heterocycles. The van der Waals surface area contributed by atoms with E-state index in [1.807, 2.05) is 0 Å². The zero-order valence-electron chi connectivity index (χ0n) is 12.9. The number of rotatable bonds is 14. The monoisotopic (exact) mass is 264 g/mol. The third-order valence-electron chi connectivity index (χ3n) is 3.61. The van der Waals surface area contributed by atoms with Crippen LogP contribution in [-0.4, -0.2) is 5.94 Å². The lowest BCUT2D eigenvalue weighted by molar-refractivity contribution is 0.540.